The van der Waals surface area contributed by atoms with Crippen molar-refractivity contribution in [2.45, 2.75) is 20.4 Å². The summed E-state index contributed by atoms with van der Waals surface area (Å²) in [7, 11) is 1.99. The van der Waals surface area contributed by atoms with E-state index in [0.29, 0.717) is 0 Å². The zero-order valence-electron chi connectivity index (χ0n) is 7.70. The summed E-state index contributed by atoms with van der Waals surface area (Å²) in [6, 6.07) is 0. The van der Waals surface area contributed by atoms with Gasteiger partial charge in [0.05, 0.1) is 12.5 Å². The SMILES string of the molecule is CC.CN1C=Nc2[nH]ncc2C1. The van der Waals surface area contributed by atoms with Gasteiger partial charge in [-0.1, -0.05) is 13.8 Å². The summed E-state index contributed by atoms with van der Waals surface area (Å²) in [5.41, 5.74) is 1.16. The van der Waals surface area contributed by atoms with Crippen LogP contribution in [0.5, 0.6) is 0 Å². The maximum absolute atomic E-state index is 4.12. The molecule has 2 heterocycles. The molecule has 0 amide bonds. The van der Waals surface area contributed by atoms with E-state index in [4.69, 9.17) is 0 Å². The molecule has 4 nitrogen and oxygen atoms in total. The molecule has 1 aromatic heterocycles. The van der Waals surface area contributed by atoms with Crippen LogP contribution in [0.4, 0.5) is 5.82 Å². The van der Waals surface area contributed by atoms with Crippen molar-refractivity contribution in [3.05, 3.63) is 11.8 Å². The number of H-pyrrole nitrogens is 1. The molecule has 0 unspecified atom stereocenters. The lowest BCUT2D eigenvalue weighted by atomic mass is 10.3. The standard InChI is InChI=1S/C6H8N4.C2H6/c1-10-3-5-2-8-9-6(5)7-4-10;1-2/h2,4H,3H2,1H3,(H,8,9);1-2H3. The number of rotatable bonds is 0. The van der Waals surface area contributed by atoms with E-state index in [1.165, 1.54) is 0 Å². The van der Waals surface area contributed by atoms with E-state index in [1.54, 1.807) is 6.34 Å². The third-order valence-electron chi connectivity index (χ3n) is 1.50. The first-order valence-electron chi connectivity index (χ1n) is 4.13. The molecule has 0 spiro atoms. The van der Waals surface area contributed by atoms with Crippen molar-refractivity contribution in [2.24, 2.45) is 4.99 Å². The minimum absolute atomic E-state index is 0.887. The molecule has 12 heavy (non-hydrogen) atoms. The zero-order valence-corrected chi connectivity index (χ0v) is 7.70. The molecule has 1 N–H and O–H groups in total. The van der Waals surface area contributed by atoms with Gasteiger partial charge in [0, 0.05) is 19.2 Å². The van der Waals surface area contributed by atoms with Gasteiger partial charge in [-0.25, -0.2) is 4.99 Å². The first-order valence-corrected chi connectivity index (χ1v) is 4.13. The van der Waals surface area contributed by atoms with E-state index in [2.05, 4.69) is 15.2 Å². The van der Waals surface area contributed by atoms with Gasteiger partial charge >= 0.3 is 0 Å². The number of aliphatic imine (C=N–C) groups is 1. The molecule has 2 rings (SSSR count). The average Bonchev–Trinajstić information content (AvgIpc) is 2.54. The Labute approximate surface area is 72.3 Å². The van der Waals surface area contributed by atoms with Gasteiger partial charge in [0.2, 0.25) is 0 Å². The van der Waals surface area contributed by atoms with Crippen LogP contribution in [0.3, 0.4) is 0 Å². The second kappa shape index (κ2) is 3.90. The predicted octanol–water partition coefficient (Wildman–Crippen LogP) is 1.54. The van der Waals surface area contributed by atoms with Crippen molar-refractivity contribution in [1.82, 2.24) is 15.1 Å². The number of fused-ring (bicyclic) bond motifs is 1. The van der Waals surface area contributed by atoms with Crippen LogP contribution in [0.25, 0.3) is 0 Å². The van der Waals surface area contributed by atoms with Gasteiger partial charge in [0.25, 0.3) is 0 Å². The quantitative estimate of drug-likeness (QED) is 0.635. The maximum atomic E-state index is 4.12. The number of hydrogen-bond donors (Lipinski definition) is 1. The Bertz CT molecular complexity index is 264. The molecule has 0 atom stereocenters. The van der Waals surface area contributed by atoms with E-state index < -0.39 is 0 Å². The third-order valence-corrected chi connectivity index (χ3v) is 1.50. The van der Waals surface area contributed by atoms with Crippen LogP contribution in [-0.2, 0) is 6.54 Å². The fourth-order valence-corrected chi connectivity index (χ4v) is 0.998. The maximum Gasteiger partial charge on any atom is 0.154 e. The number of hydrogen-bond acceptors (Lipinski definition) is 3. The number of nitrogens with zero attached hydrogens (tertiary/aromatic N) is 3. The van der Waals surface area contributed by atoms with E-state index in [1.807, 2.05) is 32.0 Å². The molecular weight excluding hydrogens is 152 g/mol. The van der Waals surface area contributed by atoms with Crippen LogP contribution in [0, 0.1) is 0 Å². The van der Waals surface area contributed by atoms with Gasteiger partial charge in [0.15, 0.2) is 5.82 Å². The minimum atomic E-state index is 0.887. The van der Waals surface area contributed by atoms with Gasteiger partial charge in [0.1, 0.15) is 0 Å². The van der Waals surface area contributed by atoms with E-state index in [-0.39, 0.29) is 0 Å². The summed E-state index contributed by atoms with van der Waals surface area (Å²) in [4.78, 5) is 6.13. The first kappa shape index (κ1) is 8.77. The molecule has 0 saturated heterocycles. The highest BCUT2D eigenvalue weighted by Crippen LogP contribution is 2.18. The fraction of sp³-hybridized carbons (Fsp3) is 0.500. The molecule has 0 aliphatic carbocycles. The van der Waals surface area contributed by atoms with Gasteiger partial charge < -0.3 is 4.90 Å². The van der Waals surface area contributed by atoms with Gasteiger partial charge in [-0.2, -0.15) is 5.10 Å². The molecule has 1 aliphatic heterocycles. The second-order valence-corrected chi connectivity index (χ2v) is 2.40. The lowest BCUT2D eigenvalue weighted by molar-refractivity contribution is 0.509. The smallest absolute Gasteiger partial charge is 0.154 e. The van der Waals surface area contributed by atoms with Crippen LogP contribution < -0.4 is 0 Å². The predicted molar refractivity (Wildman–Crippen MR) is 49.6 cm³/mol. The van der Waals surface area contributed by atoms with Crippen LogP contribution >= 0.6 is 0 Å². The van der Waals surface area contributed by atoms with Gasteiger partial charge in [-0.3, -0.25) is 5.10 Å². The monoisotopic (exact) mass is 166 g/mol. The Morgan fingerprint density at radius 3 is 3.00 bits per heavy atom. The first-order chi connectivity index (χ1) is 5.86. The Balaban J connectivity index is 0.000000336. The van der Waals surface area contributed by atoms with E-state index in [9.17, 15) is 0 Å². The van der Waals surface area contributed by atoms with E-state index in [0.717, 1.165) is 17.9 Å². The summed E-state index contributed by atoms with van der Waals surface area (Å²) in [6.45, 7) is 4.90. The normalized spacial score (nSPS) is 13.4. The lowest BCUT2D eigenvalue weighted by Gasteiger charge is -2.15. The van der Waals surface area contributed by atoms with Crippen LogP contribution in [0.2, 0.25) is 0 Å². The number of nitrogens with one attached hydrogen (secondary N) is 1. The Hall–Kier alpha value is -1.32. The highest BCUT2D eigenvalue weighted by molar-refractivity contribution is 5.63. The summed E-state index contributed by atoms with van der Waals surface area (Å²) in [5, 5.41) is 6.68. The van der Waals surface area contributed by atoms with E-state index >= 15 is 0 Å². The summed E-state index contributed by atoms with van der Waals surface area (Å²) in [6.07, 6.45) is 3.60. The average molecular weight is 166 g/mol. The summed E-state index contributed by atoms with van der Waals surface area (Å²) >= 11 is 0. The zero-order chi connectivity index (χ0) is 8.97. The van der Waals surface area contributed by atoms with Gasteiger partial charge in [-0.15, -0.1) is 0 Å². The molecular formula is C8H14N4. The number of aromatic nitrogens is 2. The lowest BCUT2D eigenvalue weighted by Crippen LogP contribution is -2.17. The van der Waals surface area contributed by atoms with Crippen LogP contribution in [-0.4, -0.2) is 28.5 Å². The topological polar surface area (TPSA) is 44.3 Å². The third kappa shape index (κ3) is 1.64. The molecule has 0 saturated carbocycles. The number of aromatic amines is 1. The summed E-state index contributed by atoms with van der Waals surface area (Å²) in [5.74, 6) is 0.887. The summed E-state index contributed by atoms with van der Waals surface area (Å²) < 4.78 is 0. The molecule has 66 valence electrons. The van der Waals surface area contributed by atoms with Crippen molar-refractivity contribution in [2.75, 3.05) is 7.05 Å². The molecule has 0 radical (unpaired) electrons. The largest absolute Gasteiger partial charge is 0.361 e. The van der Waals surface area contributed by atoms with Crippen molar-refractivity contribution >= 4 is 12.2 Å². The minimum Gasteiger partial charge on any atom is -0.361 e. The molecule has 0 aromatic carbocycles. The van der Waals surface area contributed by atoms with Crippen LogP contribution in [0.1, 0.15) is 19.4 Å². The van der Waals surface area contributed by atoms with Crippen molar-refractivity contribution in [3.63, 3.8) is 0 Å². The molecule has 0 bridgehead atoms. The Morgan fingerprint density at radius 2 is 2.25 bits per heavy atom. The Kier molecular flexibility index (Phi) is 2.85. The molecule has 0 fully saturated rings. The molecule has 1 aliphatic rings. The Morgan fingerprint density at radius 1 is 1.50 bits per heavy atom. The fourth-order valence-electron chi connectivity index (χ4n) is 0.998. The van der Waals surface area contributed by atoms with Crippen molar-refractivity contribution in [3.8, 4) is 0 Å². The highest BCUT2D eigenvalue weighted by atomic mass is 15.2. The second-order valence-electron chi connectivity index (χ2n) is 2.40. The molecule has 4 heteroatoms. The van der Waals surface area contributed by atoms with Crippen molar-refractivity contribution < 1.29 is 0 Å². The van der Waals surface area contributed by atoms with Gasteiger partial charge in [-0.05, 0) is 0 Å². The van der Waals surface area contributed by atoms with Crippen LogP contribution in [0.15, 0.2) is 11.2 Å². The van der Waals surface area contributed by atoms with Crippen molar-refractivity contribution in [1.29, 1.82) is 0 Å². The molecule has 1 aromatic rings. The highest BCUT2D eigenvalue weighted by Gasteiger charge is 2.08.